The third kappa shape index (κ3) is 5.98. The molecule has 0 atom stereocenters. The van der Waals surface area contributed by atoms with E-state index in [-0.39, 0.29) is 11.5 Å². The Morgan fingerprint density at radius 3 is 2.59 bits per heavy atom. The average molecular weight is 462 g/mol. The molecule has 1 amide bonds. The van der Waals surface area contributed by atoms with Crippen molar-refractivity contribution in [1.29, 1.82) is 0 Å². The molecule has 0 aliphatic carbocycles. The van der Waals surface area contributed by atoms with E-state index in [0.29, 0.717) is 35.8 Å². The second-order valence-electron chi connectivity index (χ2n) is 7.16. The Morgan fingerprint density at radius 2 is 1.88 bits per heavy atom. The van der Waals surface area contributed by atoms with Gasteiger partial charge < -0.3 is 19.6 Å². The first kappa shape index (κ1) is 23.6. The van der Waals surface area contributed by atoms with Crippen LogP contribution in [0.5, 0.6) is 11.5 Å². The molecule has 1 fully saturated rings. The van der Waals surface area contributed by atoms with Gasteiger partial charge in [0.15, 0.2) is 6.61 Å². The Bertz CT molecular complexity index is 1070. The number of ether oxygens (including phenoxy) is 2. The first-order valence-corrected chi connectivity index (χ1v) is 11.7. The standard InChI is InChI=1S/C22H27N3O6S/c1-29-19-9-10-21(30-2)17(13-19)15-23-31-16-22(26)24-18-7-6-8-20(14-18)32(27,28)25-11-4-3-5-12-25/h6-10,13-15H,3-5,11-12,16H2,1-2H3,(H,24,26). The van der Waals surface area contributed by atoms with Crippen molar-refractivity contribution >= 4 is 27.8 Å². The van der Waals surface area contributed by atoms with E-state index in [1.807, 2.05) is 0 Å². The molecule has 9 nitrogen and oxygen atoms in total. The summed E-state index contributed by atoms with van der Waals surface area (Å²) >= 11 is 0. The number of rotatable bonds is 9. The number of hydrogen-bond acceptors (Lipinski definition) is 7. The fourth-order valence-corrected chi connectivity index (χ4v) is 4.88. The predicted octanol–water partition coefficient (Wildman–Crippen LogP) is 2.87. The molecule has 0 bridgehead atoms. The summed E-state index contributed by atoms with van der Waals surface area (Å²) in [5, 5.41) is 6.43. The topological polar surface area (TPSA) is 107 Å². The lowest BCUT2D eigenvalue weighted by molar-refractivity contribution is -0.120. The van der Waals surface area contributed by atoms with E-state index in [0.717, 1.165) is 19.3 Å². The second kappa shape index (κ2) is 11.0. The summed E-state index contributed by atoms with van der Waals surface area (Å²) in [7, 11) is -0.492. The normalized spacial score (nSPS) is 14.8. The Morgan fingerprint density at radius 1 is 1.09 bits per heavy atom. The lowest BCUT2D eigenvalue weighted by Gasteiger charge is -2.26. The number of sulfonamides is 1. The molecular formula is C22H27N3O6S. The number of anilines is 1. The minimum absolute atomic E-state index is 0.154. The highest BCUT2D eigenvalue weighted by molar-refractivity contribution is 7.89. The second-order valence-corrected chi connectivity index (χ2v) is 9.09. The van der Waals surface area contributed by atoms with Crippen LogP contribution in [0.15, 0.2) is 52.5 Å². The number of amides is 1. The fourth-order valence-electron chi connectivity index (χ4n) is 3.32. The van der Waals surface area contributed by atoms with Crippen molar-refractivity contribution in [3.63, 3.8) is 0 Å². The maximum atomic E-state index is 12.8. The van der Waals surface area contributed by atoms with Crippen LogP contribution < -0.4 is 14.8 Å². The van der Waals surface area contributed by atoms with Gasteiger partial charge in [0.25, 0.3) is 5.91 Å². The number of carbonyl (C=O) groups is 1. The summed E-state index contributed by atoms with van der Waals surface area (Å²) in [6.45, 7) is 0.692. The molecule has 1 N–H and O–H groups in total. The van der Waals surface area contributed by atoms with Gasteiger partial charge in [0.1, 0.15) is 11.5 Å². The Labute approximate surface area is 188 Å². The maximum absolute atomic E-state index is 12.8. The van der Waals surface area contributed by atoms with Crippen LogP contribution in [-0.4, -0.2) is 58.8 Å². The van der Waals surface area contributed by atoms with Crippen molar-refractivity contribution in [3.05, 3.63) is 48.0 Å². The summed E-state index contributed by atoms with van der Waals surface area (Å²) in [4.78, 5) is 17.4. The van der Waals surface area contributed by atoms with Gasteiger partial charge in [0, 0.05) is 24.3 Å². The molecule has 2 aromatic rings. The summed E-state index contributed by atoms with van der Waals surface area (Å²) in [5.41, 5.74) is 0.998. The van der Waals surface area contributed by atoms with Crippen LogP contribution in [0.1, 0.15) is 24.8 Å². The average Bonchev–Trinajstić information content (AvgIpc) is 2.82. The largest absolute Gasteiger partial charge is 0.497 e. The van der Waals surface area contributed by atoms with Crippen LogP contribution in [-0.2, 0) is 19.7 Å². The molecule has 0 aromatic heterocycles. The van der Waals surface area contributed by atoms with E-state index >= 15 is 0 Å². The SMILES string of the molecule is COc1ccc(OC)c(C=NOCC(=O)Nc2cccc(S(=O)(=O)N3CCCCC3)c2)c1. The molecule has 0 radical (unpaired) electrons. The number of benzene rings is 2. The minimum Gasteiger partial charge on any atom is -0.497 e. The fraction of sp³-hybridized carbons (Fsp3) is 0.364. The van der Waals surface area contributed by atoms with Crippen molar-refractivity contribution in [1.82, 2.24) is 4.31 Å². The summed E-state index contributed by atoms with van der Waals surface area (Å²) in [5.74, 6) is 0.742. The number of methoxy groups -OCH3 is 2. The zero-order valence-corrected chi connectivity index (χ0v) is 18.9. The Hall–Kier alpha value is -3.11. The van der Waals surface area contributed by atoms with Gasteiger partial charge in [-0.2, -0.15) is 4.31 Å². The lowest BCUT2D eigenvalue weighted by atomic mass is 10.2. The lowest BCUT2D eigenvalue weighted by Crippen LogP contribution is -2.35. The Kier molecular flexibility index (Phi) is 8.07. The molecule has 0 spiro atoms. The summed E-state index contributed by atoms with van der Waals surface area (Å²) in [6, 6.07) is 11.4. The van der Waals surface area contributed by atoms with Gasteiger partial charge >= 0.3 is 0 Å². The van der Waals surface area contributed by atoms with E-state index in [9.17, 15) is 13.2 Å². The van der Waals surface area contributed by atoms with Crippen molar-refractivity contribution in [3.8, 4) is 11.5 Å². The zero-order valence-electron chi connectivity index (χ0n) is 18.1. The number of nitrogens with zero attached hydrogens (tertiary/aromatic N) is 2. The molecule has 10 heteroatoms. The van der Waals surface area contributed by atoms with Gasteiger partial charge in [-0.05, 0) is 49.2 Å². The number of oxime groups is 1. The van der Waals surface area contributed by atoms with E-state index in [4.69, 9.17) is 14.3 Å². The van der Waals surface area contributed by atoms with Gasteiger partial charge in [0.05, 0.1) is 25.3 Å². The van der Waals surface area contributed by atoms with Crippen LogP contribution in [0.3, 0.4) is 0 Å². The molecule has 1 saturated heterocycles. The maximum Gasteiger partial charge on any atom is 0.265 e. The van der Waals surface area contributed by atoms with Crippen molar-refractivity contribution < 1.29 is 27.5 Å². The van der Waals surface area contributed by atoms with Crippen LogP contribution in [0.4, 0.5) is 5.69 Å². The molecule has 0 unspecified atom stereocenters. The number of carbonyl (C=O) groups excluding carboxylic acids is 1. The highest BCUT2D eigenvalue weighted by atomic mass is 32.2. The molecule has 1 heterocycles. The number of nitrogens with one attached hydrogen (secondary N) is 1. The van der Waals surface area contributed by atoms with Gasteiger partial charge in [0.2, 0.25) is 10.0 Å². The van der Waals surface area contributed by atoms with Crippen molar-refractivity contribution in [2.45, 2.75) is 24.2 Å². The van der Waals surface area contributed by atoms with Crippen molar-refractivity contribution in [2.24, 2.45) is 5.16 Å². The number of piperidine rings is 1. The van der Waals surface area contributed by atoms with Crippen LogP contribution in [0, 0.1) is 0 Å². The van der Waals surface area contributed by atoms with Crippen LogP contribution in [0.25, 0.3) is 0 Å². The molecule has 172 valence electrons. The monoisotopic (exact) mass is 461 g/mol. The van der Waals surface area contributed by atoms with Crippen LogP contribution >= 0.6 is 0 Å². The highest BCUT2D eigenvalue weighted by Crippen LogP contribution is 2.23. The molecular weight excluding hydrogens is 434 g/mol. The Balaban J connectivity index is 1.58. The summed E-state index contributed by atoms with van der Waals surface area (Å²) in [6.07, 6.45) is 4.17. The first-order chi connectivity index (χ1) is 15.4. The van der Waals surface area contributed by atoms with E-state index < -0.39 is 15.9 Å². The van der Waals surface area contributed by atoms with E-state index in [1.54, 1.807) is 37.4 Å². The van der Waals surface area contributed by atoms with Gasteiger partial charge in [-0.25, -0.2) is 8.42 Å². The quantitative estimate of drug-likeness (QED) is 0.455. The van der Waals surface area contributed by atoms with Gasteiger partial charge in [-0.1, -0.05) is 17.6 Å². The minimum atomic E-state index is -3.58. The molecule has 32 heavy (non-hydrogen) atoms. The van der Waals surface area contributed by atoms with E-state index in [2.05, 4.69) is 10.5 Å². The third-order valence-electron chi connectivity index (χ3n) is 4.97. The van der Waals surface area contributed by atoms with Crippen LogP contribution in [0.2, 0.25) is 0 Å². The zero-order chi connectivity index (χ0) is 23.0. The van der Waals surface area contributed by atoms with Gasteiger partial charge in [-0.3, -0.25) is 4.79 Å². The predicted molar refractivity (Wildman–Crippen MR) is 121 cm³/mol. The van der Waals surface area contributed by atoms with Gasteiger partial charge in [-0.15, -0.1) is 0 Å². The molecule has 2 aromatic carbocycles. The first-order valence-electron chi connectivity index (χ1n) is 10.2. The van der Waals surface area contributed by atoms with Crippen molar-refractivity contribution in [2.75, 3.05) is 39.2 Å². The smallest absolute Gasteiger partial charge is 0.265 e. The molecule has 3 rings (SSSR count). The molecule has 1 aliphatic heterocycles. The highest BCUT2D eigenvalue weighted by Gasteiger charge is 2.26. The number of hydrogen-bond donors (Lipinski definition) is 1. The summed E-state index contributed by atoms with van der Waals surface area (Å²) < 4.78 is 37.5. The third-order valence-corrected chi connectivity index (χ3v) is 6.86. The van der Waals surface area contributed by atoms with E-state index in [1.165, 1.54) is 29.8 Å². The molecule has 1 aliphatic rings. The molecule has 0 saturated carbocycles.